The Labute approximate surface area is 141 Å². The molecule has 3 heterocycles. The van der Waals surface area contributed by atoms with E-state index in [0.717, 1.165) is 37.1 Å². The smallest absolute Gasteiger partial charge is 0.250 e. The molecule has 1 amide bonds. The van der Waals surface area contributed by atoms with Crippen LogP contribution in [0.1, 0.15) is 38.1 Å². The van der Waals surface area contributed by atoms with Crippen LogP contribution in [-0.2, 0) is 24.7 Å². The molecule has 1 saturated heterocycles. The van der Waals surface area contributed by atoms with Crippen LogP contribution >= 0.6 is 0 Å². The van der Waals surface area contributed by atoms with E-state index in [9.17, 15) is 4.79 Å². The second-order valence-corrected chi connectivity index (χ2v) is 5.91. The van der Waals surface area contributed by atoms with Crippen molar-refractivity contribution in [3.63, 3.8) is 0 Å². The minimum Gasteiger partial charge on any atom is -0.341 e. The summed E-state index contributed by atoms with van der Waals surface area (Å²) < 4.78 is 1.70. The SMILES string of the molecule is CCc1nnc(NC2CCCN(c3ccn(C)n3)C2=O)nc1CC. The first-order chi connectivity index (χ1) is 11.6. The Hall–Kier alpha value is -2.51. The third-order valence-electron chi connectivity index (χ3n) is 4.23. The fourth-order valence-corrected chi connectivity index (χ4v) is 2.94. The van der Waals surface area contributed by atoms with Crippen LogP contribution in [0.3, 0.4) is 0 Å². The molecule has 1 atom stereocenters. The van der Waals surface area contributed by atoms with Crippen molar-refractivity contribution in [3.8, 4) is 0 Å². The van der Waals surface area contributed by atoms with Gasteiger partial charge in [-0.2, -0.15) is 10.2 Å². The molecule has 128 valence electrons. The molecular weight excluding hydrogens is 306 g/mol. The zero-order chi connectivity index (χ0) is 17.1. The molecule has 0 aliphatic carbocycles. The minimum absolute atomic E-state index is 0.00108. The minimum atomic E-state index is -0.347. The molecule has 0 aromatic carbocycles. The summed E-state index contributed by atoms with van der Waals surface area (Å²) in [5, 5.41) is 15.8. The number of aromatic nitrogens is 5. The Morgan fingerprint density at radius 2 is 2.04 bits per heavy atom. The second kappa shape index (κ2) is 6.94. The van der Waals surface area contributed by atoms with E-state index in [4.69, 9.17) is 0 Å². The fraction of sp³-hybridized carbons (Fsp3) is 0.562. The summed E-state index contributed by atoms with van der Waals surface area (Å²) in [6.07, 6.45) is 5.10. The molecule has 1 N–H and O–H groups in total. The molecule has 3 rings (SSSR count). The lowest BCUT2D eigenvalue weighted by molar-refractivity contribution is -0.120. The van der Waals surface area contributed by atoms with Crippen molar-refractivity contribution in [2.75, 3.05) is 16.8 Å². The van der Waals surface area contributed by atoms with Crippen LogP contribution in [0, 0.1) is 0 Å². The van der Waals surface area contributed by atoms with Gasteiger partial charge in [-0.05, 0) is 25.7 Å². The summed E-state index contributed by atoms with van der Waals surface area (Å²) in [6.45, 7) is 4.76. The summed E-state index contributed by atoms with van der Waals surface area (Å²) in [4.78, 5) is 19.0. The van der Waals surface area contributed by atoms with E-state index in [2.05, 4.69) is 25.6 Å². The molecule has 2 aromatic heterocycles. The Bertz CT molecular complexity index is 727. The van der Waals surface area contributed by atoms with E-state index in [-0.39, 0.29) is 11.9 Å². The van der Waals surface area contributed by atoms with Crippen molar-refractivity contribution >= 4 is 17.7 Å². The molecule has 24 heavy (non-hydrogen) atoms. The summed E-state index contributed by atoms with van der Waals surface area (Å²) in [5.41, 5.74) is 1.84. The number of rotatable bonds is 5. The van der Waals surface area contributed by atoms with E-state index in [0.29, 0.717) is 18.3 Å². The molecule has 1 fully saturated rings. The Balaban J connectivity index is 1.76. The summed E-state index contributed by atoms with van der Waals surface area (Å²) in [5.74, 6) is 1.11. The quantitative estimate of drug-likeness (QED) is 0.890. The lowest BCUT2D eigenvalue weighted by Gasteiger charge is -2.31. The number of aryl methyl sites for hydroxylation is 3. The third-order valence-corrected chi connectivity index (χ3v) is 4.23. The number of piperidine rings is 1. The average molecular weight is 329 g/mol. The first-order valence-electron chi connectivity index (χ1n) is 8.42. The topological polar surface area (TPSA) is 88.8 Å². The monoisotopic (exact) mass is 329 g/mol. The van der Waals surface area contributed by atoms with Gasteiger partial charge in [-0.1, -0.05) is 13.8 Å². The highest BCUT2D eigenvalue weighted by Gasteiger charge is 2.31. The highest BCUT2D eigenvalue weighted by atomic mass is 16.2. The molecule has 1 unspecified atom stereocenters. The lowest BCUT2D eigenvalue weighted by Crippen LogP contribution is -2.48. The first-order valence-corrected chi connectivity index (χ1v) is 8.42. The van der Waals surface area contributed by atoms with E-state index < -0.39 is 0 Å². The van der Waals surface area contributed by atoms with Crippen molar-refractivity contribution in [3.05, 3.63) is 23.7 Å². The van der Waals surface area contributed by atoms with Gasteiger partial charge in [0.1, 0.15) is 6.04 Å². The largest absolute Gasteiger partial charge is 0.341 e. The molecular formula is C16H23N7O. The molecule has 1 aliphatic rings. The molecule has 8 heteroatoms. The zero-order valence-corrected chi connectivity index (χ0v) is 14.4. The highest BCUT2D eigenvalue weighted by Crippen LogP contribution is 2.21. The average Bonchev–Trinajstić information content (AvgIpc) is 3.02. The Morgan fingerprint density at radius 3 is 2.71 bits per heavy atom. The normalized spacial score (nSPS) is 18.0. The maximum absolute atomic E-state index is 12.8. The number of carbonyl (C=O) groups is 1. The van der Waals surface area contributed by atoms with Gasteiger partial charge in [0.15, 0.2) is 5.82 Å². The Kier molecular flexibility index (Phi) is 4.73. The highest BCUT2D eigenvalue weighted by molar-refractivity contribution is 5.98. The van der Waals surface area contributed by atoms with E-state index in [1.807, 2.05) is 33.2 Å². The van der Waals surface area contributed by atoms with Crippen LogP contribution in [0.15, 0.2) is 12.3 Å². The molecule has 2 aromatic rings. The van der Waals surface area contributed by atoms with Crippen molar-refractivity contribution in [1.82, 2.24) is 25.0 Å². The van der Waals surface area contributed by atoms with Crippen molar-refractivity contribution in [2.24, 2.45) is 7.05 Å². The van der Waals surface area contributed by atoms with Gasteiger partial charge in [0, 0.05) is 25.9 Å². The lowest BCUT2D eigenvalue weighted by atomic mass is 10.1. The number of nitrogens with zero attached hydrogens (tertiary/aromatic N) is 6. The molecule has 1 aliphatic heterocycles. The number of hydrogen-bond donors (Lipinski definition) is 1. The molecule has 0 saturated carbocycles. The van der Waals surface area contributed by atoms with E-state index in [1.165, 1.54) is 0 Å². The summed E-state index contributed by atoms with van der Waals surface area (Å²) >= 11 is 0. The van der Waals surface area contributed by atoms with Crippen molar-refractivity contribution in [1.29, 1.82) is 0 Å². The van der Waals surface area contributed by atoms with Crippen LogP contribution in [0.2, 0.25) is 0 Å². The van der Waals surface area contributed by atoms with Gasteiger partial charge in [-0.3, -0.25) is 14.4 Å². The molecule has 0 spiro atoms. The van der Waals surface area contributed by atoms with Gasteiger partial charge >= 0.3 is 0 Å². The van der Waals surface area contributed by atoms with E-state index in [1.54, 1.807) is 9.58 Å². The van der Waals surface area contributed by atoms with Gasteiger partial charge in [-0.25, -0.2) is 4.98 Å². The van der Waals surface area contributed by atoms with Gasteiger partial charge in [-0.15, -0.1) is 5.10 Å². The van der Waals surface area contributed by atoms with Crippen LogP contribution in [0.25, 0.3) is 0 Å². The molecule has 8 nitrogen and oxygen atoms in total. The predicted octanol–water partition coefficient (Wildman–Crippen LogP) is 1.34. The van der Waals surface area contributed by atoms with Gasteiger partial charge in [0.25, 0.3) is 5.91 Å². The standard InChI is InChI=1S/C16H23N7O/c1-4-11-12(5-2)19-20-16(17-11)18-13-7-6-9-23(15(13)24)14-8-10-22(3)21-14/h8,10,13H,4-7,9H2,1-3H3,(H,17,18,20). The van der Waals surface area contributed by atoms with Crippen LogP contribution < -0.4 is 10.2 Å². The van der Waals surface area contributed by atoms with Crippen LogP contribution in [0.4, 0.5) is 11.8 Å². The summed E-state index contributed by atoms with van der Waals surface area (Å²) in [6, 6.07) is 1.50. The third kappa shape index (κ3) is 3.22. The number of hydrogen-bond acceptors (Lipinski definition) is 6. The van der Waals surface area contributed by atoms with Gasteiger partial charge in [0.05, 0.1) is 11.4 Å². The summed E-state index contributed by atoms with van der Waals surface area (Å²) in [7, 11) is 1.84. The number of anilines is 2. The second-order valence-electron chi connectivity index (χ2n) is 5.91. The number of nitrogens with one attached hydrogen (secondary N) is 1. The number of amides is 1. The molecule has 0 bridgehead atoms. The van der Waals surface area contributed by atoms with Gasteiger partial charge < -0.3 is 5.32 Å². The molecule has 0 radical (unpaired) electrons. The van der Waals surface area contributed by atoms with Crippen molar-refractivity contribution in [2.45, 2.75) is 45.6 Å². The van der Waals surface area contributed by atoms with Gasteiger partial charge in [0.2, 0.25) is 5.95 Å². The first kappa shape index (κ1) is 16.4. The van der Waals surface area contributed by atoms with E-state index >= 15 is 0 Å². The van der Waals surface area contributed by atoms with Crippen LogP contribution in [0.5, 0.6) is 0 Å². The number of carbonyl (C=O) groups excluding carboxylic acids is 1. The maximum atomic E-state index is 12.8. The zero-order valence-electron chi connectivity index (χ0n) is 14.4. The fourth-order valence-electron chi connectivity index (χ4n) is 2.94. The van der Waals surface area contributed by atoms with Crippen LogP contribution in [-0.4, -0.2) is 43.5 Å². The maximum Gasteiger partial charge on any atom is 0.250 e. The van der Waals surface area contributed by atoms with Crippen molar-refractivity contribution < 1.29 is 4.79 Å². The predicted molar refractivity (Wildman–Crippen MR) is 90.8 cm³/mol. The Morgan fingerprint density at radius 1 is 1.25 bits per heavy atom.